The predicted molar refractivity (Wildman–Crippen MR) is 88.0 cm³/mol. The molecule has 0 fully saturated rings. The lowest BCUT2D eigenvalue weighted by Gasteiger charge is -2.05. The lowest BCUT2D eigenvalue weighted by Crippen LogP contribution is -2.03. The fourth-order valence-electron chi connectivity index (χ4n) is 2.27. The van der Waals surface area contributed by atoms with E-state index in [1.807, 2.05) is 59.2 Å². The smallest absolute Gasteiger partial charge is 0.350 e. The maximum Gasteiger partial charge on any atom is 0.350 e. The Kier molecular flexibility index (Phi) is 3.44. The molecule has 0 aliphatic heterocycles. The molecule has 2 heterocycles. The van der Waals surface area contributed by atoms with Gasteiger partial charge < -0.3 is 4.42 Å². The SMILES string of the molecule is O=c1oc2ccccc2cc1Sc1nncn1-c1ccccc1. The standard InChI is InChI=1S/C17H11N3O2S/c21-16-15(10-12-6-4-5-9-14(12)22-16)23-17-19-18-11-20(17)13-7-2-1-3-8-13/h1-11H. The molecule has 0 atom stereocenters. The minimum absolute atomic E-state index is 0.378. The molecular formula is C17H11N3O2S. The molecular weight excluding hydrogens is 310 g/mol. The number of nitrogens with zero attached hydrogens (tertiary/aromatic N) is 3. The highest BCUT2D eigenvalue weighted by Crippen LogP contribution is 2.27. The Morgan fingerprint density at radius 3 is 2.65 bits per heavy atom. The first kappa shape index (κ1) is 13.8. The molecule has 0 amide bonds. The van der Waals surface area contributed by atoms with Gasteiger partial charge in [-0.2, -0.15) is 0 Å². The van der Waals surface area contributed by atoms with E-state index in [1.54, 1.807) is 12.4 Å². The van der Waals surface area contributed by atoms with Crippen LogP contribution in [0.3, 0.4) is 0 Å². The van der Waals surface area contributed by atoms with Crippen LogP contribution in [0.5, 0.6) is 0 Å². The first-order valence-corrected chi connectivity index (χ1v) is 7.79. The lowest BCUT2D eigenvalue weighted by molar-refractivity contribution is 0.543. The van der Waals surface area contributed by atoms with Crippen LogP contribution in [0, 0.1) is 0 Å². The maximum absolute atomic E-state index is 12.2. The number of para-hydroxylation sites is 2. The van der Waals surface area contributed by atoms with Crippen molar-refractivity contribution in [1.82, 2.24) is 14.8 Å². The van der Waals surface area contributed by atoms with Crippen LogP contribution in [0.4, 0.5) is 0 Å². The van der Waals surface area contributed by atoms with Gasteiger partial charge in [-0.15, -0.1) is 10.2 Å². The molecule has 0 saturated carbocycles. The summed E-state index contributed by atoms with van der Waals surface area (Å²) < 4.78 is 7.19. The van der Waals surface area contributed by atoms with Gasteiger partial charge in [0.15, 0.2) is 0 Å². The van der Waals surface area contributed by atoms with Crippen molar-refractivity contribution in [1.29, 1.82) is 0 Å². The van der Waals surface area contributed by atoms with Crippen LogP contribution in [0.2, 0.25) is 0 Å². The molecule has 4 aromatic rings. The van der Waals surface area contributed by atoms with Gasteiger partial charge in [-0.05, 0) is 36.0 Å². The van der Waals surface area contributed by atoms with Crippen molar-refractivity contribution in [2.24, 2.45) is 0 Å². The molecule has 2 aromatic heterocycles. The summed E-state index contributed by atoms with van der Waals surface area (Å²) in [6.07, 6.45) is 1.63. The molecule has 112 valence electrons. The highest BCUT2D eigenvalue weighted by atomic mass is 32.2. The predicted octanol–water partition coefficient (Wildman–Crippen LogP) is 3.52. The van der Waals surface area contributed by atoms with Gasteiger partial charge in [0.2, 0.25) is 5.16 Å². The number of aromatic nitrogens is 3. The van der Waals surface area contributed by atoms with Gasteiger partial charge in [0, 0.05) is 11.1 Å². The van der Waals surface area contributed by atoms with Crippen LogP contribution in [0.25, 0.3) is 16.7 Å². The summed E-state index contributed by atoms with van der Waals surface area (Å²) >= 11 is 1.24. The average Bonchev–Trinajstić information content (AvgIpc) is 3.04. The van der Waals surface area contributed by atoms with Gasteiger partial charge in [0.05, 0.1) is 0 Å². The normalized spacial score (nSPS) is 11.0. The van der Waals surface area contributed by atoms with E-state index >= 15 is 0 Å². The van der Waals surface area contributed by atoms with Gasteiger partial charge in [0.25, 0.3) is 0 Å². The Balaban J connectivity index is 1.76. The van der Waals surface area contributed by atoms with Crippen molar-refractivity contribution in [3.05, 3.63) is 77.4 Å². The Morgan fingerprint density at radius 1 is 1.00 bits per heavy atom. The third-order valence-electron chi connectivity index (χ3n) is 3.36. The van der Waals surface area contributed by atoms with Crippen molar-refractivity contribution < 1.29 is 4.42 Å². The van der Waals surface area contributed by atoms with Gasteiger partial charge in [-0.3, -0.25) is 4.57 Å². The van der Waals surface area contributed by atoms with Crippen LogP contribution >= 0.6 is 11.8 Å². The number of fused-ring (bicyclic) bond motifs is 1. The van der Waals surface area contributed by atoms with E-state index in [4.69, 9.17) is 4.42 Å². The van der Waals surface area contributed by atoms with Gasteiger partial charge in [-0.1, -0.05) is 36.4 Å². The van der Waals surface area contributed by atoms with Crippen LogP contribution < -0.4 is 5.63 Å². The monoisotopic (exact) mass is 321 g/mol. The van der Waals surface area contributed by atoms with Crippen LogP contribution in [-0.4, -0.2) is 14.8 Å². The number of hydrogen-bond acceptors (Lipinski definition) is 5. The Morgan fingerprint density at radius 2 is 1.78 bits per heavy atom. The van der Waals surface area contributed by atoms with Crippen molar-refractivity contribution in [2.45, 2.75) is 10.1 Å². The summed E-state index contributed by atoms with van der Waals surface area (Å²) in [5, 5.41) is 9.54. The summed E-state index contributed by atoms with van der Waals surface area (Å²) in [6, 6.07) is 19.0. The topological polar surface area (TPSA) is 60.9 Å². The lowest BCUT2D eigenvalue weighted by atomic mass is 10.2. The molecule has 0 aliphatic carbocycles. The van der Waals surface area contributed by atoms with Crippen LogP contribution in [-0.2, 0) is 0 Å². The van der Waals surface area contributed by atoms with Crippen molar-refractivity contribution in [2.75, 3.05) is 0 Å². The zero-order chi connectivity index (χ0) is 15.6. The molecule has 0 spiro atoms. The first-order chi connectivity index (χ1) is 11.3. The van der Waals surface area contributed by atoms with E-state index in [2.05, 4.69) is 10.2 Å². The molecule has 0 unspecified atom stereocenters. The van der Waals surface area contributed by atoms with Crippen LogP contribution in [0.1, 0.15) is 0 Å². The fourth-order valence-corrected chi connectivity index (χ4v) is 3.12. The highest BCUT2D eigenvalue weighted by Gasteiger charge is 2.12. The van der Waals surface area contributed by atoms with E-state index in [0.29, 0.717) is 15.6 Å². The minimum atomic E-state index is -0.378. The quantitative estimate of drug-likeness (QED) is 0.540. The molecule has 0 N–H and O–H groups in total. The molecule has 0 aliphatic rings. The Bertz CT molecular complexity index is 1020. The molecule has 6 heteroatoms. The van der Waals surface area contributed by atoms with Gasteiger partial charge in [-0.25, -0.2) is 4.79 Å². The summed E-state index contributed by atoms with van der Waals surface area (Å²) in [5.41, 5.74) is 1.13. The summed E-state index contributed by atoms with van der Waals surface area (Å²) in [6.45, 7) is 0. The van der Waals surface area contributed by atoms with Crippen molar-refractivity contribution in [3.8, 4) is 5.69 Å². The first-order valence-electron chi connectivity index (χ1n) is 6.97. The third-order valence-corrected chi connectivity index (χ3v) is 4.33. The summed E-state index contributed by atoms with van der Waals surface area (Å²) in [4.78, 5) is 12.6. The zero-order valence-corrected chi connectivity index (χ0v) is 12.7. The van der Waals surface area contributed by atoms with Crippen molar-refractivity contribution in [3.63, 3.8) is 0 Å². The molecule has 0 radical (unpaired) electrons. The van der Waals surface area contributed by atoms with E-state index in [9.17, 15) is 4.79 Å². The van der Waals surface area contributed by atoms with Crippen molar-refractivity contribution >= 4 is 22.7 Å². The van der Waals surface area contributed by atoms with E-state index in [0.717, 1.165) is 11.1 Å². The summed E-state index contributed by atoms with van der Waals surface area (Å²) in [5.74, 6) is 0. The highest BCUT2D eigenvalue weighted by molar-refractivity contribution is 7.99. The maximum atomic E-state index is 12.2. The molecule has 4 rings (SSSR count). The second kappa shape index (κ2) is 5.73. The average molecular weight is 321 g/mol. The molecule has 0 saturated heterocycles. The minimum Gasteiger partial charge on any atom is -0.422 e. The van der Waals surface area contributed by atoms with E-state index < -0.39 is 0 Å². The zero-order valence-electron chi connectivity index (χ0n) is 11.9. The third kappa shape index (κ3) is 2.64. The second-order valence-corrected chi connectivity index (χ2v) is 5.87. The molecule has 0 bridgehead atoms. The Labute approximate surface area is 135 Å². The van der Waals surface area contributed by atoms with E-state index in [-0.39, 0.29) is 5.63 Å². The summed E-state index contributed by atoms with van der Waals surface area (Å²) in [7, 11) is 0. The Hall–Kier alpha value is -2.86. The van der Waals surface area contributed by atoms with Gasteiger partial charge >= 0.3 is 5.63 Å². The number of hydrogen-bond donors (Lipinski definition) is 0. The fraction of sp³-hybridized carbons (Fsp3) is 0. The number of benzene rings is 2. The van der Waals surface area contributed by atoms with E-state index in [1.165, 1.54) is 11.8 Å². The second-order valence-electron chi connectivity index (χ2n) is 4.86. The largest absolute Gasteiger partial charge is 0.422 e. The molecule has 5 nitrogen and oxygen atoms in total. The molecule has 23 heavy (non-hydrogen) atoms. The van der Waals surface area contributed by atoms with Gasteiger partial charge in [0.1, 0.15) is 16.8 Å². The molecule has 2 aromatic carbocycles. The number of rotatable bonds is 3. The van der Waals surface area contributed by atoms with Crippen LogP contribution in [0.15, 0.2) is 86.3 Å².